The van der Waals surface area contributed by atoms with Crippen LogP contribution in [0.5, 0.6) is 11.5 Å². The van der Waals surface area contributed by atoms with Crippen LogP contribution >= 0.6 is 7.60 Å². The van der Waals surface area contributed by atoms with Gasteiger partial charge in [0.05, 0.1) is 14.2 Å². The van der Waals surface area contributed by atoms with E-state index in [4.69, 9.17) is 19.3 Å². The third-order valence-electron chi connectivity index (χ3n) is 2.52. The number of hydrogen-bond acceptors (Lipinski definition) is 4. The molecule has 0 saturated carbocycles. The van der Waals surface area contributed by atoms with Gasteiger partial charge in [0.1, 0.15) is 11.9 Å². The third-order valence-corrected chi connectivity index (χ3v) is 3.29. The Morgan fingerprint density at radius 1 is 1.21 bits per heavy atom. The van der Waals surface area contributed by atoms with E-state index in [0.717, 1.165) is 5.56 Å². The zero-order valence-electron chi connectivity index (χ0n) is 10.8. The molecule has 0 bridgehead atoms. The molecule has 106 valence electrons. The lowest BCUT2D eigenvalue weighted by Crippen LogP contribution is -2.06. The summed E-state index contributed by atoms with van der Waals surface area (Å²) in [5, 5.41) is 0. The number of carbonyl (C=O) groups is 1. The van der Waals surface area contributed by atoms with Gasteiger partial charge in [-0.05, 0) is 24.1 Å². The fraction of sp³-hybridized carbons (Fsp3) is 0.417. The average Bonchev–Trinajstić information content (AvgIpc) is 2.33. The zero-order valence-corrected chi connectivity index (χ0v) is 11.7. The van der Waals surface area contributed by atoms with E-state index in [1.165, 1.54) is 14.2 Å². The molecular formula is C12H17O6P. The van der Waals surface area contributed by atoms with E-state index in [1.807, 2.05) is 0 Å². The summed E-state index contributed by atoms with van der Waals surface area (Å²) in [6.45, 7) is 0. The van der Waals surface area contributed by atoms with Crippen molar-refractivity contribution < 1.29 is 28.6 Å². The first kappa shape index (κ1) is 15.7. The van der Waals surface area contributed by atoms with Gasteiger partial charge in [0, 0.05) is 6.42 Å². The number of carbonyl (C=O) groups excluding carboxylic acids is 1. The van der Waals surface area contributed by atoms with Crippen LogP contribution in [-0.4, -0.2) is 36.0 Å². The summed E-state index contributed by atoms with van der Waals surface area (Å²) in [6.07, 6.45) is -0.222. The van der Waals surface area contributed by atoms with Crippen molar-refractivity contribution in [2.24, 2.45) is 0 Å². The lowest BCUT2D eigenvalue weighted by atomic mass is 10.1. The molecule has 0 aliphatic carbocycles. The fourth-order valence-corrected chi connectivity index (χ4v) is 2.25. The number of methoxy groups -OCH3 is 2. The van der Waals surface area contributed by atoms with Gasteiger partial charge >= 0.3 is 7.60 Å². The van der Waals surface area contributed by atoms with Crippen LogP contribution in [0, 0.1) is 0 Å². The van der Waals surface area contributed by atoms with Crippen molar-refractivity contribution in [3.05, 3.63) is 23.8 Å². The predicted octanol–water partition coefficient (Wildman–Crippen LogP) is 1.38. The molecule has 0 unspecified atom stereocenters. The molecule has 1 rings (SSSR count). The van der Waals surface area contributed by atoms with Gasteiger partial charge in [0.15, 0.2) is 11.5 Å². The molecule has 6 nitrogen and oxygen atoms in total. The zero-order chi connectivity index (χ0) is 14.5. The standard InChI is InChI=1S/C12H17O6P/c1-17-11-6-4-9(7-12(11)18-2)3-5-10(13)8-19(14,15)16/h4,6-7H,3,5,8H2,1-2H3,(H2,14,15,16). The minimum atomic E-state index is -4.27. The van der Waals surface area contributed by atoms with Gasteiger partial charge < -0.3 is 19.3 Å². The van der Waals surface area contributed by atoms with Crippen LogP contribution < -0.4 is 9.47 Å². The molecule has 0 aliphatic heterocycles. The van der Waals surface area contributed by atoms with Gasteiger partial charge in [-0.15, -0.1) is 0 Å². The highest BCUT2D eigenvalue weighted by Gasteiger charge is 2.18. The lowest BCUT2D eigenvalue weighted by Gasteiger charge is -2.09. The average molecular weight is 288 g/mol. The maximum Gasteiger partial charge on any atom is 0.332 e. The highest BCUT2D eigenvalue weighted by Crippen LogP contribution is 2.34. The number of ether oxygens (including phenoxy) is 2. The first-order valence-electron chi connectivity index (χ1n) is 5.63. The van der Waals surface area contributed by atoms with Crippen LogP contribution in [0.3, 0.4) is 0 Å². The normalized spacial score (nSPS) is 11.2. The van der Waals surface area contributed by atoms with Gasteiger partial charge in [0.2, 0.25) is 0 Å². The molecule has 0 saturated heterocycles. The van der Waals surface area contributed by atoms with Crippen molar-refractivity contribution >= 4 is 13.4 Å². The summed E-state index contributed by atoms with van der Waals surface area (Å²) >= 11 is 0. The Bertz CT molecular complexity index is 493. The van der Waals surface area contributed by atoms with Crippen molar-refractivity contribution in [2.75, 3.05) is 20.4 Å². The molecule has 1 aromatic carbocycles. The topological polar surface area (TPSA) is 93.1 Å². The van der Waals surface area contributed by atoms with Gasteiger partial charge in [-0.1, -0.05) is 6.07 Å². The van der Waals surface area contributed by atoms with Gasteiger partial charge in [-0.25, -0.2) is 0 Å². The second kappa shape index (κ2) is 6.70. The molecule has 7 heteroatoms. The number of rotatable bonds is 7. The second-order valence-corrected chi connectivity index (χ2v) is 5.70. The monoisotopic (exact) mass is 288 g/mol. The highest BCUT2D eigenvalue weighted by molar-refractivity contribution is 7.52. The summed E-state index contributed by atoms with van der Waals surface area (Å²) in [5.74, 6) is 0.693. The van der Waals surface area contributed by atoms with Crippen LogP contribution in [0.4, 0.5) is 0 Å². The van der Waals surface area contributed by atoms with Crippen LogP contribution in [0.2, 0.25) is 0 Å². The molecule has 0 spiro atoms. The summed E-state index contributed by atoms with van der Waals surface area (Å²) < 4.78 is 20.9. The Morgan fingerprint density at radius 2 is 1.84 bits per heavy atom. The minimum absolute atomic E-state index is 0.0839. The van der Waals surface area contributed by atoms with E-state index < -0.39 is 19.5 Å². The summed E-state index contributed by atoms with van der Waals surface area (Å²) in [6, 6.07) is 5.25. The molecule has 19 heavy (non-hydrogen) atoms. The molecule has 1 aromatic rings. The molecule has 0 aromatic heterocycles. The number of ketones is 1. The van der Waals surface area contributed by atoms with E-state index in [-0.39, 0.29) is 6.42 Å². The molecular weight excluding hydrogens is 271 g/mol. The molecule has 0 radical (unpaired) electrons. The maximum atomic E-state index is 11.4. The number of benzene rings is 1. The van der Waals surface area contributed by atoms with E-state index in [1.54, 1.807) is 18.2 Å². The Hall–Kier alpha value is -1.36. The smallest absolute Gasteiger partial charge is 0.332 e. The number of hydrogen-bond donors (Lipinski definition) is 2. The van der Waals surface area contributed by atoms with Crippen molar-refractivity contribution in [3.8, 4) is 11.5 Å². The van der Waals surface area contributed by atoms with Crippen LogP contribution in [-0.2, 0) is 15.8 Å². The van der Waals surface area contributed by atoms with Crippen molar-refractivity contribution in [2.45, 2.75) is 12.8 Å². The molecule has 0 atom stereocenters. The maximum absolute atomic E-state index is 11.4. The first-order chi connectivity index (χ1) is 8.85. The molecule has 2 N–H and O–H groups in total. The van der Waals surface area contributed by atoms with Crippen molar-refractivity contribution in [1.82, 2.24) is 0 Å². The number of aryl methyl sites for hydroxylation is 1. The minimum Gasteiger partial charge on any atom is -0.493 e. The third kappa shape index (κ3) is 5.42. The van der Waals surface area contributed by atoms with E-state index in [2.05, 4.69) is 0 Å². The quantitative estimate of drug-likeness (QED) is 0.736. The van der Waals surface area contributed by atoms with Crippen LogP contribution in [0.1, 0.15) is 12.0 Å². The molecule has 0 heterocycles. The lowest BCUT2D eigenvalue weighted by molar-refractivity contribution is -0.116. The van der Waals surface area contributed by atoms with Gasteiger partial charge in [-0.2, -0.15) is 0 Å². The summed E-state index contributed by atoms with van der Waals surface area (Å²) in [4.78, 5) is 28.7. The SMILES string of the molecule is COc1ccc(CCC(=O)CP(=O)(O)O)cc1OC. The summed E-state index contributed by atoms with van der Waals surface area (Å²) in [7, 11) is -1.22. The Labute approximate surface area is 111 Å². The van der Waals surface area contributed by atoms with Gasteiger partial charge in [-0.3, -0.25) is 9.36 Å². The molecule has 0 aliphatic rings. The molecule has 0 fully saturated rings. The largest absolute Gasteiger partial charge is 0.493 e. The highest BCUT2D eigenvalue weighted by atomic mass is 31.2. The van der Waals surface area contributed by atoms with Crippen LogP contribution in [0.25, 0.3) is 0 Å². The van der Waals surface area contributed by atoms with Gasteiger partial charge in [0.25, 0.3) is 0 Å². The van der Waals surface area contributed by atoms with E-state index in [9.17, 15) is 9.36 Å². The Morgan fingerprint density at radius 3 is 2.37 bits per heavy atom. The summed E-state index contributed by atoms with van der Waals surface area (Å²) in [5.41, 5.74) is 0.844. The predicted molar refractivity (Wildman–Crippen MR) is 69.8 cm³/mol. The molecule has 0 amide bonds. The number of Topliss-reactive ketones (excluding diaryl/α,β-unsaturated/α-hetero) is 1. The van der Waals surface area contributed by atoms with Crippen molar-refractivity contribution in [3.63, 3.8) is 0 Å². The van der Waals surface area contributed by atoms with E-state index in [0.29, 0.717) is 17.9 Å². The van der Waals surface area contributed by atoms with E-state index >= 15 is 0 Å². The van der Waals surface area contributed by atoms with Crippen LogP contribution in [0.15, 0.2) is 18.2 Å². The Balaban J connectivity index is 2.63. The second-order valence-electron chi connectivity index (χ2n) is 4.05. The first-order valence-corrected chi connectivity index (χ1v) is 7.42. The fourth-order valence-electron chi connectivity index (χ4n) is 1.63. The van der Waals surface area contributed by atoms with Crippen molar-refractivity contribution in [1.29, 1.82) is 0 Å². The Kier molecular flexibility index (Phi) is 5.54.